The van der Waals surface area contributed by atoms with Crippen molar-refractivity contribution in [2.45, 2.75) is 25.6 Å². The average Bonchev–Trinajstić information content (AvgIpc) is 2.87. The zero-order chi connectivity index (χ0) is 13.6. The summed E-state index contributed by atoms with van der Waals surface area (Å²) in [6.07, 6.45) is 0.354. The normalized spacial score (nSPS) is 36.8. The Labute approximate surface area is 107 Å². The number of hydrogen-bond acceptors (Lipinski definition) is 6. The molecule has 1 aliphatic carbocycles. The molecule has 5 atom stereocenters. The van der Waals surface area contributed by atoms with Gasteiger partial charge in [-0.05, 0) is 0 Å². The van der Waals surface area contributed by atoms with Crippen LogP contribution in [0.5, 0.6) is 0 Å². The van der Waals surface area contributed by atoms with Crippen LogP contribution in [0.3, 0.4) is 0 Å². The van der Waals surface area contributed by atoms with Crippen molar-refractivity contribution in [1.29, 1.82) is 0 Å². The van der Waals surface area contributed by atoms with Crippen molar-refractivity contribution in [3.05, 3.63) is 0 Å². The molecule has 2 aliphatic rings. The van der Waals surface area contributed by atoms with E-state index in [-0.39, 0.29) is 6.10 Å². The molecule has 0 aromatic heterocycles. The molecular formula is C9H20O7P2. The van der Waals surface area contributed by atoms with Gasteiger partial charge in [0.15, 0.2) is 0 Å². The molecule has 0 aromatic carbocycles. The van der Waals surface area contributed by atoms with Gasteiger partial charge in [0, 0.05) is 0 Å². The number of phosphoric ester groups is 1. The van der Waals surface area contributed by atoms with Gasteiger partial charge >= 0.3 is 106 Å². The molecule has 1 saturated carbocycles. The van der Waals surface area contributed by atoms with E-state index in [1.54, 1.807) is 6.92 Å². The van der Waals surface area contributed by atoms with E-state index in [1.165, 1.54) is 13.8 Å². The van der Waals surface area contributed by atoms with Crippen molar-refractivity contribution >= 4 is 15.8 Å². The molecular weight excluding hydrogens is 282 g/mol. The van der Waals surface area contributed by atoms with Gasteiger partial charge in [0.05, 0.1) is 0 Å². The van der Waals surface area contributed by atoms with Gasteiger partial charge in [-0.2, -0.15) is 0 Å². The monoisotopic (exact) mass is 302 g/mol. The molecule has 2 N–H and O–H groups in total. The number of hydrogen-bond donors (Lipinski definition) is 2. The van der Waals surface area contributed by atoms with Crippen LogP contribution in [0.25, 0.3) is 0 Å². The van der Waals surface area contributed by atoms with Crippen LogP contribution in [-0.4, -0.2) is 42.4 Å². The van der Waals surface area contributed by atoms with Gasteiger partial charge in [0.2, 0.25) is 0 Å². The second-order valence-electron chi connectivity index (χ2n) is 4.93. The third-order valence-corrected chi connectivity index (χ3v) is 6.96. The van der Waals surface area contributed by atoms with Gasteiger partial charge in [0.25, 0.3) is 0 Å². The summed E-state index contributed by atoms with van der Waals surface area (Å²) in [5, 5.41) is 0. The molecule has 0 spiro atoms. The maximum atomic E-state index is 11.7. The Morgan fingerprint density at radius 2 is 2.22 bits per heavy atom. The summed E-state index contributed by atoms with van der Waals surface area (Å²) in [7, 11) is -6.73. The minimum atomic E-state index is -4.34. The summed E-state index contributed by atoms with van der Waals surface area (Å²) in [6.45, 7) is 3.59. The molecule has 1 saturated heterocycles. The van der Waals surface area contributed by atoms with Gasteiger partial charge in [0.1, 0.15) is 0 Å². The number of phosphoric acid groups is 1. The summed E-state index contributed by atoms with van der Waals surface area (Å²) in [5.41, 5.74) is 0. The molecule has 108 valence electrons. The van der Waals surface area contributed by atoms with E-state index in [4.69, 9.17) is 9.26 Å². The molecule has 1 aliphatic heterocycles. The first-order valence-corrected chi connectivity index (χ1v) is 9.61. The van der Waals surface area contributed by atoms with Crippen molar-refractivity contribution in [3.63, 3.8) is 0 Å². The Hall–Kier alpha value is 0.420. The minimum absolute atomic E-state index is 0.173. The van der Waals surface area contributed by atoms with Crippen LogP contribution < -0.4 is 0 Å². The molecule has 0 bridgehead atoms. The van der Waals surface area contributed by atoms with Crippen LogP contribution in [0, 0.1) is 11.8 Å². The van der Waals surface area contributed by atoms with Crippen LogP contribution in [-0.2, 0) is 22.7 Å². The summed E-state index contributed by atoms with van der Waals surface area (Å²) in [4.78, 5) is 19.1. The molecule has 9 heteroatoms. The first kappa shape index (κ1) is 14.8. The summed E-state index contributed by atoms with van der Waals surface area (Å²) in [5.74, 6) is 0.983. The molecule has 2 rings (SSSR count). The van der Waals surface area contributed by atoms with E-state index < -0.39 is 21.9 Å². The van der Waals surface area contributed by atoms with Crippen LogP contribution in [0.2, 0.25) is 0 Å². The Bertz CT molecular complexity index is 361. The Morgan fingerprint density at radius 1 is 1.56 bits per heavy atom. The summed E-state index contributed by atoms with van der Waals surface area (Å²) < 4.78 is 31.5. The van der Waals surface area contributed by atoms with Crippen LogP contribution in [0.1, 0.15) is 13.3 Å². The van der Waals surface area contributed by atoms with Gasteiger partial charge in [-0.1, -0.05) is 0 Å². The Balaban J connectivity index is 1.89. The SMILES string of the molecule is CO[PH](C)(O)OP(=O)(O)OC(C)[C@H]1OCC2CC21. The molecule has 0 radical (unpaired) electrons. The van der Waals surface area contributed by atoms with Crippen LogP contribution in [0.4, 0.5) is 0 Å². The zero-order valence-electron chi connectivity index (χ0n) is 10.6. The van der Waals surface area contributed by atoms with Crippen molar-refractivity contribution in [1.82, 2.24) is 0 Å². The maximum absolute atomic E-state index is 11.7. The molecule has 0 amide bonds. The Kier molecular flexibility index (Phi) is 4.18. The van der Waals surface area contributed by atoms with Gasteiger partial charge < -0.3 is 0 Å². The zero-order valence-corrected chi connectivity index (χ0v) is 12.5. The summed E-state index contributed by atoms with van der Waals surface area (Å²) >= 11 is 0. The van der Waals surface area contributed by atoms with E-state index in [0.717, 1.165) is 6.42 Å². The van der Waals surface area contributed by atoms with Crippen LogP contribution in [0.15, 0.2) is 0 Å². The molecule has 7 nitrogen and oxygen atoms in total. The fraction of sp³-hybridized carbons (Fsp3) is 1.00. The Morgan fingerprint density at radius 3 is 2.67 bits per heavy atom. The first-order valence-electron chi connectivity index (χ1n) is 5.85. The fourth-order valence-corrected chi connectivity index (χ4v) is 4.97. The fourth-order valence-electron chi connectivity index (χ4n) is 2.25. The third-order valence-electron chi connectivity index (χ3n) is 3.33. The molecule has 2 fully saturated rings. The standard InChI is InChI=1S/C9H20O7P2/c1-6(9-8-4-7(8)5-14-9)15-18(11,12)16-17(3,10)13-2/h6-10,17H,4-5H2,1-3H3,(H,11,12)/t6?,7?,8?,9-/m1/s1. The van der Waals surface area contributed by atoms with Crippen molar-refractivity contribution in [2.24, 2.45) is 11.8 Å². The van der Waals surface area contributed by atoms with E-state index in [2.05, 4.69) is 8.83 Å². The topological polar surface area (TPSA) is 94.5 Å². The predicted octanol–water partition coefficient (Wildman–Crippen LogP) is 1.31. The second kappa shape index (κ2) is 5.08. The third kappa shape index (κ3) is 3.50. The van der Waals surface area contributed by atoms with Crippen LogP contribution >= 0.6 is 15.8 Å². The number of rotatable bonds is 6. The van der Waals surface area contributed by atoms with Crippen molar-refractivity contribution in [2.75, 3.05) is 20.4 Å². The van der Waals surface area contributed by atoms with Gasteiger partial charge in [-0.25, -0.2) is 0 Å². The van der Waals surface area contributed by atoms with Crippen molar-refractivity contribution in [3.8, 4) is 0 Å². The second-order valence-corrected chi connectivity index (χ2v) is 9.01. The van der Waals surface area contributed by atoms with Crippen molar-refractivity contribution < 1.29 is 32.4 Å². The quantitative estimate of drug-likeness (QED) is 0.714. The van der Waals surface area contributed by atoms with Gasteiger partial charge in [-0.15, -0.1) is 0 Å². The van der Waals surface area contributed by atoms with E-state index in [1.807, 2.05) is 0 Å². The molecule has 1 heterocycles. The summed E-state index contributed by atoms with van der Waals surface area (Å²) in [6, 6.07) is 0. The average molecular weight is 302 g/mol. The predicted molar refractivity (Wildman–Crippen MR) is 66.3 cm³/mol. The first-order chi connectivity index (χ1) is 8.24. The molecule has 0 aromatic rings. The van der Waals surface area contributed by atoms with Gasteiger partial charge in [-0.3, -0.25) is 0 Å². The number of ether oxygens (including phenoxy) is 1. The van der Waals surface area contributed by atoms with E-state index in [9.17, 15) is 14.4 Å². The molecule has 18 heavy (non-hydrogen) atoms. The van der Waals surface area contributed by atoms with E-state index >= 15 is 0 Å². The number of fused-ring (bicyclic) bond motifs is 1. The van der Waals surface area contributed by atoms with E-state index in [0.29, 0.717) is 18.4 Å². The molecule has 4 unspecified atom stereocenters.